The summed E-state index contributed by atoms with van der Waals surface area (Å²) in [5.74, 6) is -0.570. The van der Waals surface area contributed by atoms with Crippen LogP contribution >= 0.6 is 0 Å². The molecule has 1 fully saturated rings. The highest BCUT2D eigenvalue weighted by molar-refractivity contribution is 6.19. The van der Waals surface area contributed by atoms with Crippen LogP contribution < -0.4 is 16.0 Å². The largest absolute Gasteiger partial charge is 0.465 e. The maximum atomic E-state index is 13.7. The first-order chi connectivity index (χ1) is 23.0. The number of fused-ring (bicyclic) bond motifs is 1. The van der Waals surface area contributed by atoms with Crippen molar-refractivity contribution in [3.8, 4) is 0 Å². The smallest absolute Gasteiger partial charge is 0.337 e. The van der Waals surface area contributed by atoms with Crippen molar-refractivity contribution in [3.05, 3.63) is 130 Å². The number of methoxy groups -OCH3 is 1. The Morgan fingerprint density at radius 2 is 1.45 bits per heavy atom. The summed E-state index contributed by atoms with van der Waals surface area (Å²) in [6.07, 6.45) is 2.71. The summed E-state index contributed by atoms with van der Waals surface area (Å²) in [7, 11) is 1.38. The van der Waals surface area contributed by atoms with Crippen LogP contribution in [0.2, 0.25) is 0 Å². The number of aromatic nitrogens is 1. The van der Waals surface area contributed by atoms with Crippen molar-refractivity contribution in [2.24, 2.45) is 0 Å². The number of esters is 1. The molecule has 1 aromatic heterocycles. The number of para-hydroxylation sites is 1. The van der Waals surface area contributed by atoms with Gasteiger partial charge in [-0.05, 0) is 78.4 Å². The Labute approximate surface area is 274 Å². The van der Waals surface area contributed by atoms with Gasteiger partial charge in [-0.25, -0.2) is 4.79 Å². The van der Waals surface area contributed by atoms with Crippen LogP contribution in [0.25, 0.3) is 10.9 Å². The molecular weight excluding hydrogens is 590 g/mol. The van der Waals surface area contributed by atoms with Gasteiger partial charge in [-0.2, -0.15) is 0 Å². The molecule has 0 unspecified atom stereocenters. The van der Waals surface area contributed by atoms with Crippen molar-refractivity contribution in [1.29, 1.82) is 0 Å². The van der Waals surface area contributed by atoms with Crippen LogP contribution in [0.1, 0.15) is 54.2 Å². The second kappa shape index (κ2) is 14.9. The van der Waals surface area contributed by atoms with Gasteiger partial charge in [0.25, 0.3) is 11.8 Å². The van der Waals surface area contributed by atoms with E-state index >= 15 is 0 Å². The molecule has 4 N–H and O–H groups in total. The van der Waals surface area contributed by atoms with Gasteiger partial charge in [0.15, 0.2) is 0 Å². The van der Waals surface area contributed by atoms with E-state index in [0.717, 1.165) is 79.6 Å². The average Bonchev–Trinajstić information content (AvgIpc) is 3.47. The minimum Gasteiger partial charge on any atom is -0.465 e. The number of carbonyl (C=O) groups is 3. The molecule has 1 aliphatic rings. The molecule has 240 valence electrons. The van der Waals surface area contributed by atoms with E-state index in [-0.39, 0.29) is 17.8 Å². The summed E-state index contributed by atoms with van der Waals surface area (Å²) in [6, 6.07) is 30.5. The summed E-state index contributed by atoms with van der Waals surface area (Å²) in [6.45, 7) is 4.66. The van der Waals surface area contributed by atoms with Crippen molar-refractivity contribution < 1.29 is 19.1 Å². The second-order valence-electron chi connectivity index (χ2n) is 11.8. The molecule has 2 amide bonds. The van der Waals surface area contributed by atoms with E-state index in [0.29, 0.717) is 28.2 Å². The molecule has 0 saturated carbocycles. The van der Waals surface area contributed by atoms with Crippen molar-refractivity contribution in [1.82, 2.24) is 15.2 Å². The Morgan fingerprint density at radius 3 is 2.17 bits per heavy atom. The predicted octanol–water partition coefficient (Wildman–Crippen LogP) is 6.04. The van der Waals surface area contributed by atoms with E-state index in [2.05, 4.69) is 25.8 Å². The number of hydrogen-bond donors (Lipinski definition) is 4. The number of anilines is 2. The van der Waals surface area contributed by atoms with Gasteiger partial charge in [-0.1, -0.05) is 54.6 Å². The number of ether oxygens (including phenoxy) is 1. The lowest BCUT2D eigenvalue weighted by atomic mass is 10.0. The Kier molecular flexibility index (Phi) is 10.1. The number of amides is 2. The monoisotopic (exact) mass is 629 g/mol. The van der Waals surface area contributed by atoms with Crippen LogP contribution in [0.3, 0.4) is 0 Å². The van der Waals surface area contributed by atoms with Crippen LogP contribution in [0.5, 0.6) is 0 Å². The number of piperazine rings is 1. The lowest BCUT2D eigenvalue weighted by Crippen LogP contribution is -2.42. The Balaban J connectivity index is 1.10. The first-order valence-corrected chi connectivity index (χ1v) is 16.0. The molecule has 1 aliphatic heterocycles. The Bertz CT molecular complexity index is 1860. The molecule has 6 rings (SSSR count). The van der Waals surface area contributed by atoms with Gasteiger partial charge in [0.2, 0.25) is 0 Å². The quantitative estimate of drug-likeness (QED) is 0.133. The van der Waals surface area contributed by atoms with Gasteiger partial charge in [0, 0.05) is 54.9 Å². The molecule has 0 radical (unpaired) electrons. The van der Waals surface area contributed by atoms with Gasteiger partial charge in [0.05, 0.1) is 18.2 Å². The van der Waals surface area contributed by atoms with Gasteiger partial charge in [-0.3, -0.25) is 14.5 Å². The van der Waals surface area contributed by atoms with Crippen molar-refractivity contribution in [2.75, 3.05) is 43.9 Å². The van der Waals surface area contributed by atoms with Gasteiger partial charge in [-0.15, -0.1) is 0 Å². The first-order valence-electron chi connectivity index (χ1n) is 16.0. The fourth-order valence-corrected chi connectivity index (χ4v) is 5.97. The zero-order valence-corrected chi connectivity index (χ0v) is 26.5. The summed E-state index contributed by atoms with van der Waals surface area (Å²) < 4.78 is 4.76. The summed E-state index contributed by atoms with van der Waals surface area (Å²) >= 11 is 0. The van der Waals surface area contributed by atoms with Gasteiger partial charge < -0.3 is 25.7 Å². The molecule has 9 heteroatoms. The minimum atomic E-state index is -0.336. The number of aryl methyl sites for hydroxylation is 2. The van der Waals surface area contributed by atoms with Crippen LogP contribution in [0, 0.1) is 0 Å². The molecule has 4 aromatic carbocycles. The van der Waals surface area contributed by atoms with E-state index in [4.69, 9.17) is 4.74 Å². The fraction of sp³-hybridized carbons (Fsp3) is 0.237. The lowest BCUT2D eigenvalue weighted by molar-refractivity contribution is 0.0600. The van der Waals surface area contributed by atoms with Crippen LogP contribution in [0.4, 0.5) is 11.5 Å². The highest BCUT2D eigenvalue weighted by Crippen LogP contribution is 2.28. The maximum Gasteiger partial charge on any atom is 0.337 e. The minimum absolute atomic E-state index is 0.281. The summed E-state index contributed by atoms with van der Waals surface area (Å²) in [4.78, 5) is 44.4. The molecule has 0 spiro atoms. The third-order valence-electron chi connectivity index (χ3n) is 8.49. The number of nitrogens with one attached hydrogen (secondary N) is 4. The Morgan fingerprint density at radius 1 is 0.745 bits per heavy atom. The van der Waals surface area contributed by atoms with E-state index in [9.17, 15) is 14.4 Å². The highest BCUT2D eigenvalue weighted by atomic mass is 16.5. The van der Waals surface area contributed by atoms with E-state index < -0.39 is 0 Å². The second-order valence-corrected chi connectivity index (χ2v) is 11.8. The van der Waals surface area contributed by atoms with Crippen molar-refractivity contribution in [3.63, 3.8) is 0 Å². The Hall–Kier alpha value is -5.25. The molecular formula is C38H39N5O4. The number of nitrogens with zero attached hydrogens (tertiary/aromatic N) is 1. The summed E-state index contributed by atoms with van der Waals surface area (Å²) in [5.41, 5.74) is 6.29. The molecule has 0 bridgehead atoms. The third-order valence-corrected chi connectivity index (χ3v) is 8.49. The van der Waals surface area contributed by atoms with Crippen LogP contribution in [0.15, 0.2) is 97.1 Å². The highest BCUT2D eigenvalue weighted by Gasteiger charge is 2.21. The van der Waals surface area contributed by atoms with Crippen molar-refractivity contribution in [2.45, 2.75) is 25.8 Å². The number of rotatable bonds is 11. The number of carbonyl (C=O) groups excluding carboxylic acids is 3. The molecule has 1 saturated heterocycles. The number of benzene rings is 4. The average molecular weight is 630 g/mol. The maximum absolute atomic E-state index is 13.7. The number of aromatic amines is 1. The number of H-pyrrole nitrogens is 1. The molecule has 0 atom stereocenters. The lowest BCUT2D eigenvalue weighted by Gasteiger charge is -2.27. The molecule has 2 heterocycles. The molecule has 9 nitrogen and oxygen atoms in total. The van der Waals surface area contributed by atoms with Gasteiger partial charge in [0.1, 0.15) is 5.82 Å². The predicted molar refractivity (Wildman–Crippen MR) is 185 cm³/mol. The first kappa shape index (κ1) is 31.7. The third kappa shape index (κ3) is 7.95. The molecule has 0 aliphatic carbocycles. The van der Waals surface area contributed by atoms with E-state index in [1.807, 2.05) is 78.9 Å². The zero-order chi connectivity index (χ0) is 32.6. The van der Waals surface area contributed by atoms with E-state index in [1.54, 1.807) is 18.2 Å². The SMILES string of the molecule is COC(=O)c1ccc(CCCc2ccc(NC(=O)c3c(NC(=O)c4cccc(CN5CCNCC5)c4)[nH]c4ccccc34)cc2)cc1. The fourth-order valence-electron chi connectivity index (χ4n) is 5.97. The topological polar surface area (TPSA) is 116 Å². The number of hydrogen-bond acceptors (Lipinski definition) is 6. The van der Waals surface area contributed by atoms with E-state index in [1.165, 1.54) is 7.11 Å². The zero-order valence-electron chi connectivity index (χ0n) is 26.5. The molecule has 5 aromatic rings. The van der Waals surface area contributed by atoms with Crippen LogP contribution in [-0.2, 0) is 24.1 Å². The molecule has 47 heavy (non-hydrogen) atoms. The summed E-state index contributed by atoms with van der Waals surface area (Å²) in [5, 5.41) is 10.1. The normalized spacial score (nSPS) is 13.3. The van der Waals surface area contributed by atoms with Gasteiger partial charge >= 0.3 is 5.97 Å². The van der Waals surface area contributed by atoms with Crippen molar-refractivity contribution >= 4 is 40.2 Å². The standard InChI is InChI=1S/C38H39N5O4/c1-47-38(46)29-16-12-26(13-17-29)6-4-7-27-14-18-31(19-15-27)40-37(45)34-32-10-2-3-11-33(32)41-35(34)42-36(44)30-9-5-8-28(24-30)25-43-22-20-39-21-23-43/h2-3,5,8-19,24,39,41H,4,6-7,20-23,25H2,1H3,(H,40,45)(H,42,44). The van der Waals surface area contributed by atoms with Crippen LogP contribution in [-0.4, -0.2) is 61.0 Å².